The first-order valence-electron chi connectivity index (χ1n) is 5.71. The van der Waals surface area contributed by atoms with Crippen molar-refractivity contribution in [1.29, 1.82) is 5.26 Å². The molecule has 0 aliphatic carbocycles. The van der Waals surface area contributed by atoms with Crippen molar-refractivity contribution in [2.24, 2.45) is 12.5 Å². The van der Waals surface area contributed by atoms with Gasteiger partial charge in [0.05, 0.1) is 18.1 Å². The second kappa shape index (κ2) is 4.67. The molecule has 0 N–H and O–H groups in total. The Morgan fingerprint density at radius 3 is 3.12 bits per heavy atom. The molecule has 0 spiro atoms. The molecule has 4 nitrogen and oxygen atoms in total. The number of imidazole rings is 1. The van der Waals surface area contributed by atoms with Gasteiger partial charge in [-0.3, -0.25) is 0 Å². The summed E-state index contributed by atoms with van der Waals surface area (Å²) in [6, 6.07) is 2.44. The Morgan fingerprint density at radius 2 is 2.56 bits per heavy atom. The summed E-state index contributed by atoms with van der Waals surface area (Å²) in [5.74, 6) is 1.04. The maximum atomic E-state index is 9.28. The summed E-state index contributed by atoms with van der Waals surface area (Å²) in [6.45, 7) is 1.37. The number of nitrogens with zero attached hydrogens (tertiary/aromatic N) is 3. The molecule has 1 aliphatic rings. The van der Waals surface area contributed by atoms with Crippen molar-refractivity contribution in [2.75, 3.05) is 13.2 Å². The van der Waals surface area contributed by atoms with Gasteiger partial charge in [0.25, 0.3) is 0 Å². The molecule has 1 aliphatic heterocycles. The van der Waals surface area contributed by atoms with Crippen LogP contribution in [-0.4, -0.2) is 22.8 Å². The van der Waals surface area contributed by atoms with Crippen LogP contribution in [0.1, 0.15) is 25.1 Å². The molecule has 0 radical (unpaired) electrons. The van der Waals surface area contributed by atoms with Crippen molar-refractivity contribution < 1.29 is 4.74 Å². The van der Waals surface area contributed by atoms with Crippen LogP contribution < -0.4 is 0 Å². The van der Waals surface area contributed by atoms with E-state index in [0.29, 0.717) is 6.61 Å². The van der Waals surface area contributed by atoms with Crippen LogP contribution in [0.3, 0.4) is 0 Å². The number of rotatable bonds is 3. The number of ether oxygens (including phenoxy) is 1. The van der Waals surface area contributed by atoms with E-state index in [4.69, 9.17) is 4.74 Å². The fraction of sp³-hybridized carbons (Fsp3) is 0.667. The number of hydrogen-bond donors (Lipinski definition) is 0. The van der Waals surface area contributed by atoms with Gasteiger partial charge in [0.2, 0.25) is 0 Å². The average molecular weight is 219 g/mol. The molecule has 0 bridgehead atoms. The van der Waals surface area contributed by atoms with E-state index in [9.17, 15) is 5.26 Å². The molecule has 0 aromatic carbocycles. The SMILES string of the molecule is Cn1ccnc1CCC1(C#N)CCCOC1. The second-order valence-corrected chi connectivity index (χ2v) is 4.50. The third kappa shape index (κ3) is 2.25. The van der Waals surface area contributed by atoms with E-state index in [0.717, 1.165) is 38.1 Å². The Kier molecular flexibility index (Phi) is 3.25. The van der Waals surface area contributed by atoms with Crippen molar-refractivity contribution in [3.8, 4) is 6.07 Å². The summed E-state index contributed by atoms with van der Waals surface area (Å²) >= 11 is 0. The van der Waals surface area contributed by atoms with Crippen molar-refractivity contribution in [3.05, 3.63) is 18.2 Å². The summed E-state index contributed by atoms with van der Waals surface area (Å²) in [5, 5.41) is 9.28. The van der Waals surface area contributed by atoms with Crippen LogP contribution in [0.25, 0.3) is 0 Å². The highest BCUT2D eigenvalue weighted by molar-refractivity contribution is 5.03. The maximum absolute atomic E-state index is 9.28. The van der Waals surface area contributed by atoms with E-state index >= 15 is 0 Å². The molecule has 1 saturated heterocycles. The van der Waals surface area contributed by atoms with E-state index in [2.05, 4.69) is 11.1 Å². The first-order valence-corrected chi connectivity index (χ1v) is 5.71. The zero-order chi connectivity index (χ0) is 11.4. The normalized spacial score (nSPS) is 25.2. The number of aromatic nitrogens is 2. The summed E-state index contributed by atoms with van der Waals surface area (Å²) in [5.41, 5.74) is -0.288. The predicted molar refractivity (Wildman–Crippen MR) is 59.6 cm³/mol. The van der Waals surface area contributed by atoms with Gasteiger partial charge >= 0.3 is 0 Å². The van der Waals surface area contributed by atoms with Gasteiger partial charge in [-0.1, -0.05) is 0 Å². The Bertz CT molecular complexity index is 385. The highest BCUT2D eigenvalue weighted by Crippen LogP contribution is 2.32. The molecule has 2 heterocycles. The molecule has 1 aromatic heterocycles. The van der Waals surface area contributed by atoms with Gasteiger partial charge in [-0.05, 0) is 19.3 Å². The molecule has 86 valence electrons. The van der Waals surface area contributed by atoms with Crippen LogP contribution in [0.15, 0.2) is 12.4 Å². The van der Waals surface area contributed by atoms with E-state index in [1.165, 1.54) is 0 Å². The van der Waals surface area contributed by atoms with Crippen molar-refractivity contribution in [3.63, 3.8) is 0 Å². The van der Waals surface area contributed by atoms with Crippen molar-refractivity contribution >= 4 is 0 Å². The topological polar surface area (TPSA) is 50.8 Å². The summed E-state index contributed by atoms with van der Waals surface area (Å²) in [6.07, 6.45) is 7.37. The van der Waals surface area contributed by atoms with Crippen LogP contribution in [0.4, 0.5) is 0 Å². The van der Waals surface area contributed by atoms with E-state index < -0.39 is 0 Å². The van der Waals surface area contributed by atoms with Gasteiger partial charge in [0, 0.05) is 32.5 Å². The lowest BCUT2D eigenvalue weighted by molar-refractivity contribution is 0.0180. The third-order valence-corrected chi connectivity index (χ3v) is 3.31. The first kappa shape index (κ1) is 11.2. The predicted octanol–water partition coefficient (Wildman–Crippen LogP) is 1.67. The molecule has 1 fully saturated rings. The van der Waals surface area contributed by atoms with Gasteiger partial charge in [-0.25, -0.2) is 4.98 Å². The Labute approximate surface area is 95.9 Å². The maximum Gasteiger partial charge on any atom is 0.108 e. The van der Waals surface area contributed by atoms with Crippen LogP contribution in [-0.2, 0) is 18.2 Å². The largest absolute Gasteiger partial charge is 0.380 e. The highest BCUT2D eigenvalue weighted by Gasteiger charge is 2.32. The lowest BCUT2D eigenvalue weighted by Gasteiger charge is -2.30. The second-order valence-electron chi connectivity index (χ2n) is 4.50. The Hall–Kier alpha value is -1.34. The van der Waals surface area contributed by atoms with Crippen molar-refractivity contribution in [2.45, 2.75) is 25.7 Å². The number of aryl methyl sites for hydroxylation is 2. The molecule has 0 saturated carbocycles. The lowest BCUT2D eigenvalue weighted by atomic mass is 9.80. The van der Waals surface area contributed by atoms with Crippen LogP contribution >= 0.6 is 0 Å². The third-order valence-electron chi connectivity index (χ3n) is 3.31. The smallest absolute Gasteiger partial charge is 0.108 e. The summed E-state index contributed by atoms with van der Waals surface area (Å²) < 4.78 is 7.44. The molecular formula is C12H17N3O. The monoisotopic (exact) mass is 219 g/mol. The molecule has 1 atom stereocenters. The minimum atomic E-state index is -0.288. The van der Waals surface area contributed by atoms with E-state index in [1.807, 2.05) is 17.8 Å². The lowest BCUT2D eigenvalue weighted by Crippen LogP contribution is -2.31. The standard InChI is InChI=1S/C12H17N3O/c1-15-7-6-14-11(15)3-5-12(9-13)4-2-8-16-10-12/h6-7H,2-5,8,10H2,1H3. The molecule has 16 heavy (non-hydrogen) atoms. The van der Waals surface area contributed by atoms with Gasteiger partial charge in [-0.2, -0.15) is 5.26 Å². The zero-order valence-corrected chi connectivity index (χ0v) is 9.65. The number of hydrogen-bond acceptors (Lipinski definition) is 3. The van der Waals surface area contributed by atoms with Gasteiger partial charge in [-0.15, -0.1) is 0 Å². The van der Waals surface area contributed by atoms with E-state index in [-0.39, 0.29) is 5.41 Å². The molecule has 4 heteroatoms. The molecule has 1 aromatic rings. The van der Waals surface area contributed by atoms with Gasteiger partial charge in [0.1, 0.15) is 5.82 Å². The summed E-state index contributed by atoms with van der Waals surface area (Å²) in [7, 11) is 1.98. The quantitative estimate of drug-likeness (QED) is 0.777. The Morgan fingerprint density at radius 1 is 1.69 bits per heavy atom. The molecule has 2 rings (SSSR count). The minimum Gasteiger partial charge on any atom is -0.380 e. The van der Waals surface area contributed by atoms with Gasteiger partial charge in [0.15, 0.2) is 0 Å². The highest BCUT2D eigenvalue weighted by atomic mass is 16.5. The molecule has 1 unspecified atom stereocenters. The average Bonchev–Trinajstić information content (AvgIpc) is 2.74. The first-order chi connectivity index (χ1) is 7.76. The Balaban J connectivity index is 1.98. The van der Waals surface area contributed by atoms with Gasteiger partial charge < -0.3 is 9.30 Å². The zero-order valence-electron chi connectivity index (χ0n) is 9.65. The van der Waals surface area contributed by atoms with E-state index in [1.54, 1.807) is 6.20 Å². The van der Waals surface area contributed by atoms with Crippen molar-refractivity contribution in [1.82, 2.24) is 9.55 Å². The number of nitriles is 1. The minimum absolute atomic E-state index is 0.288. The fourth-order valence-corrected chi connectivity index (χ4v) is 2.18. The molecule has 0 amide bonds. The summed E-state index contributed by atoms with van der Waals surface area (Å²) in [4.78, 5) is 4.28. The fourth-order valence-electron chi connectivity index (χ4n) is 2.18. The van der Waals surface area contributed by atoms with Crippen LogP contribution in [0, 0.1) is 16.7 Å². The van der Waals surface area contributed by atoms with Crippen LogP contribution in [0.2, 0.25) is 0 Å². The van der Waals surface area contributed by atoms with Crippen LogP contribution in [0.5, 0.6) is 0 Å². The molecular weight excluding hydrogens is 202 g/mol.